The Balaban J connectivity index is 2.07. The molecule has 0 saturated heterocycles. The molecule has 4 rings (SSSR count). The van der Waals surface area contributed by atoms with E-state index in [2.05, 4.69) is 16.5 Å². The van der Waals surface area contributed by atoms with Crippen molar-refractivity contribution in [3.8, 4) is 11.4 Å². The van der Waals surface area contributed by atoms with Crippen LogP contribution >= 0.6 is 0 Å². The van der Waals surface area contributed by atoms with Gasteiger partial charge in [0.05, 0.1) is 16.7 Å². The molecule has 0 unspecified atom stereocenters. The Kier molecular flexibility index (Phi) is 3.97. The van der Waals surface area contributed by atoms with Crippen LogP contribution < -0.4 is 5.73 Å². The summed E-state index contributed by atoms with van der Waals surface area (Å²) >= 11 is 0. The van der Waals surface area contributed by atoms with Gasteiger partial charge in [-0.3, -0.25) is 4.57 Å². The second kappa shape index (κ2) is 6.45. The number of ether oxygens (including phenoxy) is 1. The standard InChI is InChI=1S/C20H16N4O3/c1-2-10-27-20(26)16-17-19(23-15-9-4-3-8-14(15)22-17)24(18(16)21)12-6-5-7-13(25)11-12/h2-9,11,25H,1,10,21H2. The van der Waals surface area contributed by atoms with E-state index in [4.69, 9.17) is 10.5 Å². The average molecular weight is 360 g/mol. The zero-order chi connectivity index (χ0) is 19.0. The fourth-order valence-corrected chi connectivity index (χ4v) is 2.96. The van der Waals surface area contributed by atoms with Gasteiger partial charge in [0.25, 0.3) is 0 Å². The summed E-state index contributed by atoms with van der Waals surface area (Å²) in [6.45, 7) is 3.60. The third-order valence-electron chi connectivity index (χ3n) is 4.12. The molecule has 0 spiro atoms. The predicted octanol–water partition coefficient (Wildman–Crippen LogP) is 3.20. The molecule has 0 amide bonds. The molecule has 0 saturated carbocycles. The van der Waals surface area contributed by atoms with Crippen LogP contribution in [0.1, 0.15) is 10.4 Å². The van der Waals surface area contributed by atoms with Crippen LogP contribution in [0.3, 0.4) is 0 Å². The summed E-state index contributed by atoms with van der Waals surface area (Å²) in [5.74, 6) is -0.404. The van der Waals surface area contributed by atoms with Crippen molar-refractivity contribution < 1.29 is 14.6 Å². The van der Waals surface area contributed by atoms with Crippen molar-refractivity contribution >= 4 is 34.0 Å². The highest BCUT2D eigenvalue weighted by atomic mass is 16.5. The van der Waals surface area contributed by atoms with Gasteiger partial charge in [0.1, 0.15) is 29.3 Å². The Hall–Kier alpha value is -3.87. The van der Waals surface area contributed by atoms with E-state index in [1.807, 2.05) is 24.3 Å². The molecule has 0 aliphatic heterocycles. The van der Waals surface area contributed by atoms with Gasteiger partial charge < -0.3 is 15.6 Å². The molecule has 2 aromatic carbocycles. The number of phenolic OH excluding ortho intramolecular Hbond substituents is 1. The summed E-state index contributed by atoms with van der Waals surface area (Å²) < 4.78 is 6.77. The monoisotopic (exact) mass is 360 g/mol. The Morgan fingerprint density at radius 1 is 1.19 bits per heavy atom. The molecular formula is C20H16N4O3. The van der Waals surface area contributed by atoms with E-state index in [-0.39, 0.29) is 23.7 Å². The first-order valence-electron chi connectivity index (χ1n) is 8.24. The van der Waals surface area contributed by atoms with Gasteiger partial charge in [-0.25, -0.2) is 14.8 Å². The van der Waals surface area contributed by atoms with E-state index in [9.17, 15) is 9.90 Å². The van der Waals surface area contributed by atoms with Crippen molar-refractivity contribution in [2.24, 2.45) is 0 Å². The summed E-state index contributed by atoms with van der Waals surface area (Å²) in [6.07, 6.45) is 1.48. The van der Waals surface area contributed by atoms with Gasteiger partial charge in [-0.05, 0) is 24.3 Å². The van der Waals surface area contributed by atoms with E-state index < -0.39 is 5.97 Å². The molecule has 0 radical (unpaired) electrons. The molecule has 2 heterocycles. The Bertz CT molecular complexity index is 1200. The number of benzene rings is 2. The second-order valence-electron chi connectivity index (χ2n) is 5.89. The number of nitrogens with zero attached hydrogens (tertiary/aromatic N) is 3. The SMILES string of the molecule is C=CCOC(=O)c1c(N)n(-c2cccc(O)c2)c2nc3ccccc3nc12. The summed E-state index contributed by atoms with van der Waals surface area (Å²) in [4.78, 5) is 21.8. The number of fused-ring (bicyclic) bond motifs is 2. The first-order chi connectivity index (χ1) is 13.1. The molecule has 0 bridgehead atoms. The lowest BCUT2D eigenvalue weighted by Gasteiger charge is -2.08. The van der Waals surface area contributed by atoms with Crippen LogP contribution in [0, 0.1) is 0 Å². The molecule has 3 N–H and O–H groups in total. The minimum Gasteiger partial charge on any atom is -0.508 e. The van der Waals surface area contributed by atoms with Crippen LogP contribution in [0.4, 0.5) is 5.82 Å². The first-order valence-corrected chi connectivity index (χ1v) is 8.24. The highest BCUT2D eigenvalue weighted by Gasteiger charge is 2.25. The summed E-state index contributed by atoms with van der Waals surface area (Å²) in [5.41, 5.74) is 9.04. The molecular weight excluding hydrogens is 344 g/mol. The van der Waals surface area contributed by atoms with E-state index >= 15 is 0 Å². The van der Waals surface area contributed by atoms with Gasteiger partial charge in [0.15, 0.2) is 5.65 Å². The molecule has 0 fully saturated rings. The molecule has 0 aliphatic carbocycles. The van der Waals surface area contributed by atoms with Gasteiger partial charge in [0.2, 0.25) is 0 Å². The van der Waals surface area contributed by atoms with Crippen molar-refractivity contribution in [1.29, 1.82) is 0 Å². The van der Waals surface area contributed by atoms with Crippen LogP contribution in [-0.2, 0) is 4.74 Å². The number of nitrogen functional groups attached to an aromatic ring is 1. The van der Waals surface area contributed by atoms with Gasteiger partial charge in [-0.1, -0.05) is 30.9 Å². The van der Waals surface area contributed by atoms with Crippen molar-refractivity contribution in [3.05, 3.63) is 66.7 Å². The number of carbonyl (C=O) groups excluding carboxylic acids is 1. The number of aromatic nitrogens is 3. The number of phenols is 1. The van der Waals surface area contributed by atoms with E-state index in [0.717, 1.165) is 0 Å². The van der Waals surface area contributed by atoms with Gasteiger partial charge in [-0.2, -0.15) is 0 Å². The van der Waals surface area contributed by atoms with Crippen molar-refractivity contribution in [2.75, 3.05) is 12.3 Å². The number of anilines is 1. The quantitative estimate of drug-likeness (QED) is 0.428. The molecule has 7 nitrogen and oxygen atoms in total. The minimum absolute atomic E-state index is 0.0537. The molecule has 7 heteroatoms. The topological polar surface area (TPSA) is 103 Å². The van der Waals surface area contributed by atoms with Crippen LogP contribution in [0.2, 0.25) is 0 Å². The maximum Gasteiger partial charge on any atom is 0.344 e. The number of para-hydroxylation sites is 2. The zero-order valence-corrected chi connectivity index (χ0v) is 14.3. The Morgan fingerprint density at radius 3 is 2.63 bits per heavy atom. The van der Waals surface area contributed by atoms with Crippen LogP contribution in [0.15, 0.2) is 61.2 Å². The molecule has 4 aromatic rings. The summed E-state index contributed by atoms with van der Waals surface area (Å²) in [6, 6.07) is 13.8. The third kappa shape index (κ3) is 2.75. The number of aromatic hydroxyl groups is 1. The lowest BCUT2D eigenvalue weighted by Crippen LogP contribution is -2.09. The Morgan fingerprint density at radius 2 is 1.93 bits per heavy atom. The number of carbonyl (C=O) groups is 1. The highest BCUT2D eigenvalue weighted by Crippen LogP contribution is 2.32. The lowest BCUT2D eigenvalue weighted by atomic mass is 10.2. The van der Waals surface area contributed by atoms with Crippen LogP contribution in [0.25, 0.3) is 27.9 Å². The van der Waals surface area contributed by atoms with E-state index in [1.165, 1.54) is 12.1 Å². The molecule has 134 valence electrons. The fourth-order valence-electron chi connectivity index (χ4n) is 2.96. The maximum atomic E-state index is 12.6. The fraction of sp³-hybridized carbons (Fsp3) is 0.0500. The zero-order valence-electron chi connectivity index (χ0n) is 14.3. The lowest BCUT2D eigenvalue weighted by molar-refractivity contribution is 0.0553. The van der Waals surface area contributed by atoms with Gasteiger partial charge in [0, 0.05) is 6.07 Å². The smallest absolute Gasteiger partial charge is 0.344 e. The largest absolute Gasteiger partial charge is 0.508 e. The number of hydrogen-bond donors (Lipinski definition) is 2. The molecule has 0 aliphatic rings. The minimum atomic E-state index is -0.610. The normalized spacial score (nSPS) is 11.0. The number of nitrogens with two attached hydrogens (primary N) is 1. The highest BCUT2D eigenvalue weighted by molar-refractivity contribution is 6.09. The van der Waals surface area contributed by atoms with Crippen molar-refractivity contribution in [2.45, 2.75) is 0 Å². The van der Waals surface area contributed by atoms with Gasteiger partial charge >= 0.3 is 5.97 Å². The summed E-state index contributed by atoms with van der Waals surface area (Å²) in [7, 11) is 0. The Labute approximate surface area is 154 Å². The van der Waals surface area contributed by atoms with Crippen LogP contribution in [-0.4, -0.2) is 32.2 Å². The first kappa shape index (κ1) is 16.6. The molecule has 0 atom stereocenters. The molecule has 27 heavy (non-hydrogen) atoms. The average Bonchev–Trinajstić information content (AvgIpc) is 2.95. The van der Waals surface area contributed by atoms with E-state index in [1.54, 1.807) is 22.8 Å². The van der Waals surface area contributed by atoms with Crippen LogP contribution in [0.5, 0.6) is 5.75 Å². The number of esters is 1. The predicted molar refractivity (Wildman–Crippen MR) is 103 cm³/mol. The molecule has 2 aromatic heterocycles. The second-order valence-corrected chi connectivity index (χ2v) is 5.89. The number of rotatable bonds is 4. The van der Waals surface area contributed by atoms with Crippen molar-refractivity contribution in [1.82, 2.24) is 14.5 Å². The summed E-state index contributed by atoms with van der Waals surface area (Å²) in [5, 5.41) is 9.85. The third-order valence-corrected chi connectivity index (χ3v) is 4.12. The van der Waals surface area contributed by atoms with Gasteiger partial charge in [-0.15, -0.1) is 0 Å². The van der Waals surface area contributed by atoms with E-state index in [0.29, 0.717) is 27.9 Å². The number of hydrogen-bond acceptors (Lipinski definition) is 6. The van der Waals surface area contributed by atoms with Crippen molar-refractivity contribution in [3.63, 3.8) is 0 Å². The maximum absolute atomic E-state index is 12.6.